The lowest BCUT2D eigenvalue weighted by atomic mass is 10.1. The lowest BCUT2D eigenvalue weighted by Crippen LogP contribution is -2.32. The van der Waals surface area contributed by atoms with Gasteiger partial charge in [0, 0.05) is 17.8 Å². The Morgan fingerprint density at radius 1 is 1.19 bits per heavy atom. The highest BCUT2D eigenvalue weighted by atomic mass is 32.2. The molecule has 1 aromatic carbocycles. The van der Waals surface area contributed by atoms with Gasteiger partial charge < -0.3 is 5.32 Å². The highest BCUT2D eigenvalue weighted by Gasteiger charge is 2.05. The van der Waals surface area contributed by atoms with E-state index in [4.69, 9.17) is 0 Å². The molecule has 0 radical (unpaired) electrons. The first-order valence-electron chi connectivity index (χ1n) is 6.90. The summed E-state index contributed by atoms with van der Waals surface area (Å²) in [4.78, 5) is 11.7. The monoisotopic (exact) mass is 310 g/mol. The van der Waals surface area contributed by atoms with Crippen molar-refractivity contribution in [3.05, 3.63) is 35.9 Å². The Kier molecular flexibility index (Phi) is 6.42. The molecule has 0 saturated carbocycles. The number of nitrogens with one attached hydrogen (secondary N) is 2. The summed E-state index contributed by atoms with van der Waals surface area (Å²) in [7, 11) is -3.27. The molecule has 0 atom stereocenters. The summed E-state index contributed by atoms with van der Waals surface area (Å²) >= 11 is 0. The zero-order chi connectivity index (χ0) is 15.9. The highest BCUT2D eigenvalue weighted by Crippen LogP contribution is 2.11. The SMILES string of the molecule is CCC(CC)NC(=O)/C=C/c1ccc(NS(C)(=O)=O)cc1. The van der Waals surface area contributed by atoms with Crippen molar-refractivity contribution in [1.82, 2.24) is 5.32 Å². The zero-order valence-corrected chi connectivity index (χ0v) is 13.4. The fourth-order valence-electron chi connectivity index (χ4n) is 1.79. The number of carbonyl (C=O) groups is 1. The molecule has 0 spiro atoms. The fraction of sp³-hybridized carbons (Fsp3) is 0.400. The average Bonchev–Trinajstić information content (AvgIpc) is 2.42. The summed E-state index contributed by atoms with van der Waals surface area (Å²) in [5, 5.41) is 2.91. The van der Waals surface area contributed by atoms with E-state index in [-0.39, 0.29) is 11.9 Å². The van der Waals surface area contributed by atoms with E-state index in [1.165, 1.54) is 6.08 Å². The van der Waals surface area contributed by atoms with Crippen LogP contribution in [0.2, 0.25) is 0 Å². The first kappa shape index (κ1) is 17.2. The fourth-order valence-corrected chi connectivity index (χ4v) is 2.35. The number of carbonyl (C=O) groups excluding carboxylic acids is 1. The maximum atomic E-state index is 11.7. The molecule has 0 aliphatic heterocycles. The van der Waals surface area contributed by atoms with Crippen molar-refractivity contribution in [2.45, 2.75) is 32.7 Å². The topological polar surface area (TPSA) is 75.3 Å². The van der Waals surface area contributed by atoms with E-state index in [0.717, 1.165) is 24.7 Å². The first-order chi connectivity index (χ1) is 9.84. The molecular weight excluding hydrogens is 288 g/mol. The lowest BCUT2D eigenvalue weighted by molar-refractivity contribution is -0.117. The third-order valence-electron chi connectivity index (χ3n) is 2.97. The van der Waals surface area contributed by atoms with Gasteiger partial charge in [0.05, 0.1) is 6.26 Å². The minimum Gasteiger partial charge on any atom is -0.350 e. The molecule has 0 saturated heterocycles. The van der Waals surface area contributed by atoms with Crippen LogP contribution in [-0.2, 0) is 14.8 Å². The summed E-state index contributed by atoms with van der Waals surface area (Å²) in [5.41, 5.74) is 1.32. The van der Waals surface area contributed by atoms with Gasteiger partial charge in [-0.2, -0.15) is 0 Å². The van der Waals surface area contributed by atoms with E-state index in [1.807, 2.05) is 13.8 Å². The van der Waals surface area contributed by atoms with Crippen LogP contribution in [0, 0.1) is 0 Å². The van der Waals surface area contributed by atoms with Gasteiger partial charge in [0.25, 0.3) is 0 Å². The number of hydrogen-bond donors (Lipinski definition) is 2. The van der Waals surface area contributed by atoms with Gasteiger partial charge in [-0.3, -0.25) is 9.52 Å². The Balaban J connectivity index is 2.63. The van der Waals surface area contributed by atoms with Crippen LogP contribution in [0.15, 0.2) is 30.3 Å². The molecule has 2 N–H and O–H groups in total. The lowest BCUT2D eigenvalue weighted by Gasteiger charge is -2.12. The summed E-state index contributed by atoms with van der Waals surface area (Å²) < 4.78 is 24.5. The summed E-state index contributed by atoms with van der Waals surface area (Å²) in [6.45, 7) is 4.07. The molecule has 1 aromatic rings. The molecule has 0 unspecified atom stereocenters. The van der Waals surface area contributed by atoms with Gasteiger partial charge in [0.1, 0.15) is 0 Å². The van der Waals surface area contributed by atoms with Gasteiger partial charge in [-0.05, 0) is 36.6 Å². The Hall–Kier alpha value is -1.82. The molecule has 116 valence electrons. The van der Waals surface area contributed by atoms with Crippen molar-refractivity contribution in [2.75, 3.05) is 11.0 Å². The van der Waals surface area contributed by atoms with E-state index in [0.29, 0.717) is 5.69 Å². The van der Waals surface area contributed by atoms with E-state index in [2.05, 4.69) is 10.0 Å². The number of benzene rings is 1. The molecule has 0 heterocycles. The van der Waals surface area contributed by atoms with Crippen LogP contribution in [0.4, 0.5) is 5.69 Å². The molecule has 1 rings (SSSR count). The van der Waals surface area contributed by atoms with Crippen LogP contribution < -0.4 is 10.0 Å². The second-order valence-corrected chi connectivity index (χ2v) is 6.60. The summed E-state index contributed by atoms with van der Waals surface area (Å²) in [5.74, 6) is -0.123. The number of anilines is 1. The summed E-state index contributed by atoms with van der Waals surface area (Å²) in [6, 6.07) is 6.99. The minimum absolute atomic E-state index is 0.123. The molecule has 6 heteroatoms. The predicted molar refractivity (Wildman–Crippen MR) is 86.5 cm³/mol. The van der Waals surface area contributed by atoms with Crippen molar-refractivity contribution in [3.8, 4) is 0 Å². The van der Waals surface area contributed by atoms with Gasteiger partial charge in [-0.25, -0.2) is 8.42 Å². The van der Waals surface area contributed by atoms with Crippen LogP contribution in [0.5, 0.6) is 0 Å². The maximum Gasteiger partial charge on any atom is 0.244 e. The van der Waals surface area contributed by atoms with E-state index < -0.39 is 10.0 Å². The molecule has 0 aliphatic carbocycles. The van der Waals surface area contributed by atoms with Gasteiger partial charge in [0.15, 0.2) is 0 Å². The van der Waals surface area contributed by atoms with Gasteiger partial charge >= 0.3 is 0 Å². The van der Waals surface area contributed by atoms with Gasteiger partial charge in [-0.15, -0.1) is 0 Å². The van der Waals surface area contributed by atoms with E-state index in [1.54, 1.807) is 30.3 Å². The van der Waals surface area contributed by atoms with Crippen molar-refractivity contribution in [2.24, 2.45) is 0 Å². The van der Waals surface area contributed by atoms with E-state index >= 15 is 0 Å². The van der Waals surface area contributed by atoms with Crippen molar-refractivity contribution < 1.29 is 13.2 Å². The van der Waals surface area contributed by atoms with Crippen molar-refractivity contribution in [3.63, 3.8) is 0 Å². The quantitative estimate of drug-likeness (QED) is 0.759. The van der Waals surface area contributed by atoms with Gasteiger partial charge in [-0.1, -0.05) is 26.0 Å². The van der Waals surface area contributed by atoms with Gasteiger partial charge in [0.2, 0.25) is 15.9 Å². The first-order valence-corrected chi connectivity index (χ1v) is 8.79. The number of amides is 1. The number of sulfonamides is 1. The largest absolute Gasteiger partial charge is 0.350 e. The molecule has 1 amide bonds. The molecule has 5 nitrogen and oxygen atoms in total. The molecule has 0 bridgehead atoms. The third-order valence-corrected chi connectivity index (χ3v) is 3.58. The standard InChI is InChI=1S/C15H22N2O3S/c1-4-13(5-2)16-15(18)11-8-12-6-9-14(10-7-12)17-21(3,19)20/h6-11,13,17H,4-5H2,1-3H3,(H,16,18)/b11-8+. The van der Waals surface area contributed by atoms with Crippen LogP contribution in [0.25, 0.3) is 6.08 Å². The Morgan fingerprint density at radius 2 is 1.76 bits per heavy atom. The molecule has 0 aromatic heterocycles. The highest BCUT2D eigenvalue weighted by molar-refractivity contribution is 7.92. The molecule has 21 heavy (non-hydrogen) atoms. The third kappa shape index (κ3) is 6.94. The number of rotatable bonds is 7. The molecular formula is C15H22N2O3S. The molecule has 0 aliphatic rings. The van der Waals surface area contributed by atoms with E-state index in [9.17, 15) is 13.2 Å². The van der Waals surface area contributed by atoms with Crippen LogP contribution in [0.3, 0.4) is 0 Å². The van der Waals surface area contributed by atoms with Crippen LogP contribution in [-0.4, -0.2) is 26.6 Å². The zero-order valence-electron chi connectivity index (χ0n) is 12.6. The van der Waals surface area contributed by atoms with Crippen molar-refractivity contribution >= 4 is 27.7 Å². The van der Waals surface area contributed by atoms with Crippen molar-refractivity contribution in [1.29, 1.82) is 0 Å². The Labute approximate surface area is 126 Å². The second kappa shape index (κ2) is 7.83. The maximum absolute atomic E-state index is 11.7. The van der Waals surface area contributed by atoms with Crippen LogP contribution in [0.1, 0.15) is 32.3 Å². The molecule has 0 fully saturated rings. The predicted octanol–water partition coefficient (Wildman–Crippen LogP) is 2.38. The number of hydrogen-bond acceptors (Lipinski definition) is 3. The average molecular weight is 310 g/mol. The Morgan fingerprint density at radius 3 is 2.24 bits per heavy atom. The minimum atomic E-state index is -3.27. The summed E-state index contributed by atoms with van der Waals surface area (Å²) in [6.07, 6.45) is 6.09. The Bertz CT molecular complexity index is 588. The second-order valence-electron chi connectivity index (χ2n) is 4.85. The smallest absolute Gasteiger partial charge is 0.244 e. The normalized spacial score (nSPS) is 11.8. The van der Waals surface area contributed by atoms with Crippen LogP contribution >= 0.6 is 0 Å².